The molecule has 1 amide bonds. The maximum atomic E-state index is 13.4. The molecule has 1 unspecified atom stereocenters. The van der Waals surface area contributed by atoms with Gasteiger partial charge in [-0.1, -0.05) is 37.3 Å². The number of hydrogen-bond acceptors (Lipinski definition) is 1. The van der Waals surface area contributed by atoms with Crippen LogP contribution in [0.3, 0.4) is 0 Å². The van der Waals surface area contributed by atoms with Crippen LogP contribution in [0.25, 0.3) is 0 Å². The molecule has 110 valence electrons. The van der Waals surface area contributed by atoms with Gasteiger partial charge in [0, 0.05) is 18.0 Å². The Morgan fingerprint density at radius 2 is 1.76 bits per heavy atom. The maximum Gasteiger partial charge on any atom is 0.223 e. The highest BCUT2D eigenvalue weighted by atomic mass is 19.1. The van der Waals surface area contributed by atoms with Crippen LogP contribution in [0.1, 0.15) is 18.1 Å². The van der Waals surface area contributed by atoms with Crippen molar-refractivity contribution in [3.8, 4) is 0 Å². The van der Waals surface area contributed by atoms with Crippen molar-refractivity contribution in [3.05, 3.63) is 71.3 Å². The van der Waals surface area contributed by atoms with Gasteiger partial charge < -0.3 is 5.32 Å². The van der Waals surface area contributed by atoms with E-state index in [1.54, 1.807) is 37.3 Å². The third-order valence-corrected chi connectivity index (χ3v) is 3.31. The summed E-state index contributed by atoms with van der Waals surface area (Å²) < 4.78 is 26.3. The molecular formula is C17H17F2NO. The molecule has 1 N–H and O–H groups in total. The summed E-state index contributed by atoms with van der Waals surface area (Å²) in [5, 5.41) is 2.72. The van der Waals surface area contributed by atoms with Crippen LogP contribution in [0.4, 0.5) is 8.78 Å². The van der Waals surface area contributed by atoms with Crippen LogP contribution >= 0.6 is 0 Å². The van der Waals surface area contributed by atoms with E-state index >= 15 is 0 Å². The summed E-state index contributed by atoms with van der Waals surface area (Å²) in [7, 11) is 0. The van der Waals surface area contributed by atoms with Gasteiger partial charge in [-0.3, -0.25) is 4.79 Å². The van der Waals surface area contributed by atoms with E-state index in [0.29, 0.717) is 12.0 Å². The van der Waals surface area contributed by atoms with E-state index in [1.165, 1.54) is 18.2 Å². The Balaban J connectivity index is 1.88. The molecule has 0 saturated heterocycles. The monoisotopic (exact) mass is 289 g/mol. The molecule has 21 heavy (non-hydrogen) atoms. The number of nitrogens with one attached hydrogen (secondary N) is 1. The van der Waals surface area contributed by atoms with E-state index in [2.05, 4.69) is 5.32 Å². The number of hydrogen-bond donors (Lipinski definition) is 1. The van der Waals surface area contributed by atoms with Crippen LogP contribution < -0.4 is 5.32 Å². The molecule has 0 heterocycles. The van der Waals surface area contributed by atoms with Crippen molar-refractivity contribution in [2.75, 3.05) is 0 Å². The van der Waals surface area contributed by atoms with Gasteiger partial charge in [-0.25, -0.2) is 8.78 Å². The van der Waals surface area contributed by atoms with Crippen molar-refractivity contribution < 1.29 is 13.6 Å². The molecule has 0 radical (unpaired) electrons. The van der Waals surface area contributed by atoms with E-state index in [1.807, 2.05) is 0 Å². The zero-order valence-electron chi connectivity index (χ0n) is 11.8. The smallest absolute Gasteiger partial charge is 0.223 e. The molecule has 2 aromatic carbocycles. The lowest BCUT2D eigenvalue weighted by atomic mass is 10.0. The second-order valence-corrected chi connectivity index (χ2v) is 5.04. The average molecular weight is 289 g/mol. The van der Waals surface area contributed by atoms with Crippen molar-refractivity contribution >= 4 is 5.91 Å². The summed E-state index contributed by atoms with van der Waals surface area (Å²) in [6.45, 7) is 1.96. The third kappa shape index (κ3) is 4.38. The molecule has 0 saturated carbocycles. The Labute approximate surface area is 122 Å². The first kappa shape index (κ1) is 15.2. The molecule has 2 aromatic rings. The fourth-order valence-electron chi connectivity index (χ4n) is 2.07. The summed E-state index contributed by atoms with van der Waals surface area (Å²) in [6.07, 6.45) is 0.517. The Morgan fingerprint density at radius 3 is 2.43 bits per heavy atom. The van der Waals surface area contributed by atoms with Gasteiger partial charge in [-0.2, -0.15) is 0 Å². The summed E-state index contributed by atoms with van der Waals surface area (Å²) in [6, 6.07) is 12.4. The summed E-state index contributed by atoms with van der Waals surface area (Å²) in [4.78, 5) is 12.0. The van der Waals surface area contributed by atoms with E-state index in [-0.39, 0.29) is 30.0 Å². The van der Waals surface area contributed by atoms with Crippen LogP contribution in [0.2, 0.25) is 0 Å². The molecular weight excluding hydrogens is 272 g/mol. The first-order valence-corrected chi connectivity index (χ1v) is 6.82. The van der Waals surface area contributed by atoms with Crippen LogP contribution in [-0.2, 0) is 17.8 Å². The standard InChI is InChI=1S/C17H17F2NO/c1-12(10-13-6-8-15(18)9-7-13)17(21)20-11-14-4-2-3-5-16(14)19/h2-9,12H,10-11H2,1H3,(H,20,21). The predicted molar refractivity (Wildman–Crippen MR) is 77.5 cm³/mol. The quantitative estimate of drug-likeness (QED) is 0.897. The number of carbonyl (C=O) groups is 1. The number of amides is 1. The van der Waals surface area contributed by atoms with Gasteiger partial charge >= 0.3 is 0 Å². The topological polar surface area (TPSA) is 29.1 Å². The molecule has 2 rings (SSSR count). The van der Waals surface area contributed by atoms with Crippen molar-refractivity contribution in [2.24, 2.45) is 5.92 Å². The molecule has 0 aliphatic carbocycles. The predicted octanol–water partition coefficient (Wildman–Crippen LogP) is 3.46. The maximum absolute atomic E-state index is 13.4. The SMILES string of the molecule is CC(Cc1ccc(F)cc1)C(=O)NCc1ccccc1F. The minimum atomic E-state index is -0.330. The van der Waals surface area contributed by atoms with Gasteiger partial charge in [0.25, 0.3) is 0 Å². The summed E-state index contributed by atoms with van der Waals surface area (Å²) in [5.41, 5.74) is 1.35. The molecule has 1 atom stereocenters. The Kier molecular flexibility index (Phi) is 5.04. The third-order valence-electron chi connectivity index (χ3n) is 3.31. The second kappa shape index (κ2) is 6.97. The Morgan fingerprint density at radius 1 is 1.10 bits per heavy atom. The lowest BCUT2D eigenvalue weighted by molar-refractivity contribution is -0.124. The van der Waals surface area contributed by atoms with Crippen molar-refractivity contribution in [1.82, 2.24) is 5.32 Å². The normalized spacial score (nSPS) is 12.0. The largest absolute Gasteiger partial charge is 0.352 e. The summed E-state index contributed by atoms with van der Waals surface area (Å²) >= 11 is 0. The van der Waals surface area contributed by atoms with Crippen LogP contribution in [0.15, 0.2) is 48.5 Å². The number of carbonyl (C=O) groups excluding carboxylic acids is 1. The minimum Gasteiger partial charge on any atom is -0.352 e. The lowest BCUT2D eigenvalue weighted by Crippen LogP contribution is -2.30. The molecule has 0 fully saturated rings. The fraction of sp³-hybridized carbons (Fsp3) is 0.235. The van der Waals surface area contributed by atoms with Crippen molar-refractivity contribution in [1.29, 1.82) is 0 Å². The number of benzene rings is 2. The van der Waals surface area contributed by atoms with Gasteiger partial charge in [-0.15, -0.1) is 0 Å². The summed E-state index contributed by atoms with van der Waals surface area (Å²) in [5.74, 6) is -1.04. The Bertz CT molecular complexity index is 610. The van der Waals surface area contributed by atoms with Crippen molar-refractivity contribution in [3.63, 3.8) is 0 Å². The van der Waals surface area contributed by atoms with Gasteiger partial charge in [0.1, 0.15) is 11.6 Å². The molecule has 0 spiro atoms. The molecule has 0 bridgehead atoms. The number of halogens is 2. The highest BCUT2D eigenvalue weighted by Gasteiger charge is 2.14. The molecule has 0 aromatic heterocycles. The first-order valence-electron chi connectivity index (χ1n) is 6.82. The zero-order chi connectivity index (χ0) is 15.2. The number of rotatable bonds is 5. The van der Waals surface area contributed by atoms with Crippen molar-refractivity contribution in [2.45, 2.75) is 19.9 Å². The van der Waals surface area contributed by atoms with E-state index in [0.717, 1.165) is 5.56 Å². The van der Waals surface area contributed by atoms with Crippen LogP contribution in [0.5, 0.6) is 0 Å². The van der Waals surface area contributed by atoms with E-state index in [4.69, 9.17) is 0 Å². The molecule has 2 nitrogen and oxygen atoms in total. The Hall–Kier alpha value is -2.23. The first-order chi connectivity index (χ1) is 10.1. The average Bonchev–Trinajstić information content (AvgIpc) is 2.48. The van der Waals surface area contributed by atoms with Gasteiger partial charge in [0.05, 0.1) is 0 Å². The highest BCUT2D eigenvalue weighted by molar-refractivity contribution is 5.78. The minimum absolute atomic E-state index is 0.150. The van der Waals surface area contributed by atoms with Gasteiger partial charge in [0.15, 0.2) is 0 Å². The van der Waals surface area contributed by atoms with E-state index in [9.17, 15) is 13.6 Å². The van der Waals surface area contributed by atoms with Crippen LogP contribution in [-0.4, -0.2) is 5.91 Å². The van der Waals surface area contributed by atoms with Gasteiger partial charge in [0.2, 0.25) is 5.91 Å². The fourth-order valence-corrected chi connectivity index (χ4v) is 2.07. The van der Waals surface area contributed by atoms with Gasteiger partial charge in [-0.05, 0) is 30.2 Å². The molecule has 4 heteroatoms. The van der Waals surface area contributed by atoms with E-state index < -0.39 is 0 Å². The second-order valence-electron chi connectivity index (χ2n) is 5.04. The zero-order valence-corrected chi connectivity index (χ0v) is 11.8. The lowest BCUT2D eigenvalue weighted by Gasteiger charge is -2.12. The molecule has 0 aliphatic rings. The van der Waals surface area contributed by atoms with Crippen LogP contribution in [0, 0.1) is 17.6 Å². The molecule has 0 aliphatic heterocycles. The highest BCUT2D eigenvalue weighted by Crippen LogP contribution is 2.11.